The summed E-state index contributed by atoms with van der Waals surface area (Å²) in [5, 5.41) is 0. The molecule has 0 amide bonds. The Hall–Kier alpha value is 0. The molecule has 0 radical (unpaired) electrons. The molecule has 3 aliphatic rings. The summed E-state index contributed by atoms with van der Waals surface area (Å²) < 4.78 is 0. The Balaban J connectivity index is 1.66. The number of hydrogen-bond donors (Lipinski definition) is 0. The molecule has 1 atom stereocenters. The summed E-state index contributed by atoms with van der Waals surface area (Å²) >= 11 is 0. The molecule has 0 N–H and O–H groups in total. The molecule has 3 fully saturated rings. The van der Waals surface area contributed by atoms with E-state index in [0.717, 1.165) is 16.7 Å². The third-order valence-corrected chi connectivity index (χ3v) is 5.50. The zero-order valence-corrected chi connectivity index (χ0v) is 10.0. The minimum atomic E-state index is 0.577. The molecule has 14 heavy (non-hydrogen) atoms. The molecule has 0 aliphatic heterocycles. The third kappa shape index (κ3) is 1.26. The minimum Gasteiger partial charge on any atom is -0.0599 e. The van der Waals surface area contributed by atoms with Gasteiger partial charge in [0, 0.05) is 0 Å². The van der Waals surface area contributed by atoms with Crippen LogP contribution in [0.2, 0.25) is 0 Å². The molecule has 0 aromatic heterocycles. The van der Waals surface area contributed by atoms with Crippen LogP contribution in [0.25, 0.3) is 0 Å². The van der Waals surface area contributed by atoms with E-state index >= 15 is 0 Å². The van der Waals surface area contributed by atoms with Crippen LogP contribution in [-0.2, 0) is 0 Å². The summed E-state index contributed by atoms with van der Waals surface area (Å²) in [5.41, 5.74) is 2.29. The summed E-state index contributed by atoms with van der Waals surface area (Å²) in [7, 11) is 0. The van der Waals surface area contributed by atoms with Crippen LogP contribution in [0.5, 0.6) is 0 Å². The molecule has 1 unspecified atom stereocenters. The lowest BCUT2D eigenvalue weighted by atomic mass is 9.73. The van der Waals surface area contributed by atoms with Gasteiger partial charge < -0.3 is 0 Å². The lowest BCUT2D eigenvalue weighted by molar-refractivity contribution is 0.182. The predicted molar refractivity (Wildman–Crippen MR) is 60.1 cm³/mol. The molecular weight excluding hydrogens is 168 g/mol. The molecule has 3 saturated carbocycles. The zero-order valence-electron chi connectivity index (χ0n) is 10.0. The number of rotatable bonds is 0. The Labute approximate surface area is 88.5 Å². The second-order valence-corrected chi connectivity index (χ2v) is 7.49. The van der Waals surface area contributed by atoms with Gasteiger partial charge in [-0.15, -0.1) is 0 Å². The second-order valence-electron chi connectivity index (χ2n) is 7.49. The average Bonchev–Trinajstić information content (AvgIpc) is 2.90. The molecule has 0 aromatic rings. The molecule has 3 rings (SSSR count). The maximum atomic E-state index is 2.44. The summed E-state index contributed by atoms with van der Waals surface area (Å²) in [4.78, 5) is 0. The van der Waals surface area contributed by atoms with Crippen LogP contribution in [0.15, 0.2) is 0 Å². The van der Waals surface area contributed by atoms with Gasteiger partial charge in [0.15, 0.2) is 0 Å². The van der Waals surface area contributed by atoms with Gasteiger partial charge in [0.05, 0.1) is 0 Å². The molecule has 0 heteroatoms. The fraction of sp³-hybridized carbons (Fsp3) is 1.00. The van der Waals surface area contributed by atoms with Crippen LogP contribution in [-0.4, -0.2) is 0 Å². The summed E-state index contributed by atoms with van der Waals surface area (Å²) in [6.07, 6.45) is 10.9. The van der Waals surface area contributed by atoms with E-state index in [9.17, 15) is 0 Å². The largest absolute Gasteiger partial charge is 0.0599 e. The summed E-state index contributed by atoms with van der Waals surface area (Å²) in [5.74, 6) is 1.05. The van der Waals surface area contributed by atoms with Crippen molar-refractivity contribution in [3.05, 3.63) is 0 Å². The Morgan fingerprint density at radius 2 is 1.36 bits per heavy atom. The van der Waals surface area contributed by atoms with E-state index in [0.29, 0.717) is 5.41 Å². The smallest absolute Gasteiger partial charge is 0.0261 e. The van der Waals surface area contributed by atoms with E-state index in [-0.39, 0.29) is 0 Å². The third-order valence-electron chi connectivity index (χ3n) is 5.50. The van der Waals surface area contributed by atoms with Gasteiger partial charge in [0.25, 0.3) is 0 Å². The quantitative estimate of drug-likeness (QED) is 0.534. The minimum absolute atomic E-state index is 0.577. The first kappa shape index (κ1) is 9.24. The maximum absolute atomic E-state index is 2.44. The van der Waals surface area contributed by atoms with Gasteiger partial charge in [-0.1, -0.05) is 20.8 Å². The van der Waals surface area contributed by atoms with E-state index in [1.165, 1.54) is 0 Å². The van der Waals surface area contributed by atoms with Gasteiger partial charge in [-0.3, -0.25) is 0 Å². The van der Waals surface area contributed by atoms with Crippen molar-refractivity contribution in [2.45, 2.75) is 65.7 Å². The van der Waals surface area contributed by atoms with E-state index in [1.54, 1.807) is 44.9 Å². The molecular formula is C14H24. The van der Waals surface area contributed by atoms with E-state index in [2.05, 4.69) is 20.8 Å². The van der Waals surface area contributed by atoms with Gasteiger partial charge in [-0.05, 0) is 67.1 Å². The van der Waals surface area contributed by atoms with Crippen molar-refractivity contribution in [3.63, 3.8) is 0 Å². The highest BCUT2D eigenvalue weighted by atomic mass is 14.7. The SMILES string of the molecule is CC(C)(C)C1CC12CCC1(CC1)CC2. The molecule has 0 aromatic carbocycles. The first-order chi connectivity index (χ1) is 6.46. The van der Waals surface area contributed by atoms with E-state index in [4.69, 9.17) is 0 Å². The van der Waals surface area contributed by atoms with Crippen molar-refractivity contribution < 1.29 is 0 Å². The van der Waals surface area contributed by atoms with Crippen LogP contribution in [0.1, 0.15) is 65.7 Å². The van der Waals surface area contributed by atoms with Crippen molar-refractivity contribution in [1.82, 2.24) is 0 Å². The van der Waals surface area contributed by atoms with Crippen molar-refractivity contribution >= 4 is 0 Å². The maximum Gasteiger partial charge on any atom is -0.0261 e. The fourth-order valence-corrected chi connectivity index (χ4v) is 4.08. The second kappa shape index (κ2) is 2.39. The van der Waals surface area contributed by atoms with Crippen LogP contribution in [0.3, 0.4) is 0 Å². The van der Waals surface area contributed by atoms with Crippen LogP contribution in [0.4, 0.5) is 0 Å². The lowest BCUT2D eigenvalue weighted by Crippen LogP contribution is -2.22. The van der Waals surface area contributed by atoms with Gasteiger partial charge in [0.2, 0.25) is 0 Å². The van der Waals surface area contributed by atoms with E-state index < -0.39 is 0 Å². The average molecular weight is 192 g/mol. The van der Waals surface area contributed by atoms with Gasteiger partial charge >= 0.3 is 0 Å². The normalized spacial score (nSPS) is 37.5. The highest BCUT2D eigenvalue weighted by molar-refractivity contribution is 5.12. The monoisotopic (exact) mass is 192 g/mol. The predicted octanol–water partition coefficient (Wildman–Crippen LogP) is 4.39. The molecule has 2 spiro atoms. The van der Waals surface area contributed by atoms with E-state index in [1.807, 2.05) is 0 Å². The molecule has 0 heterocycles. The molecule has 0 bridgehead atoms. The Morgan fingerprint density at radius 1 is 0.857 bits per heavy atom. The van der Waals surface area contributed by atoms with Crippen molar-refractivity contribution in [2.24, 2.45) is 22.2 Å². The van der Waals surface area contributed by atoms with Gasteiger partial charge in [0.1, 0.15) is 0 Å². The summed E-state index contributed by atoms with van der Waals surface area (Å²) in [6.45, 7) is 7.32. The van der Waals surface area contributed by atoms with Crippen LogP contribution in [0, 0.1) is 22.2 Å². The molecule has 80 valence electrons. The topological polar surface area (TPSA) is 0 Å². The Bertz CT molecular complexity index is 242. The molecule has 0 saturated heterocycles. The first-order valence-corrected chi connectivity index (χ1v) is 6.46. The first-order valence-electron chi connectivity index (χ1n) is 6.46. The Kier molecular flexibility index (Phi) is 1.58. The highest BCUT2D eigenvalue weighted by Crippen LogP contribution is 2.72. The zero-order chi connectivity index (χ0) is 10.0. The van der Waals surface area contributed by atoms with Gasteiger partial charge in [-0.25, -0.2) is 0 Å². The lowest BCUT2D eigenvalue weighted by Gasteiger charge is -2.32. The van der Waals surface area contributed by atoms with Crippen molar-refractivity contribution in [3.8, 4) is 0 Å². The Morgan fingerprint density at radius 3 is 1.71 bits per heavy atom. The number of hydrogen-bond acceptors (Lipinski definition) is 0. The molecule has 3 aliphatic carbocycles. The van der Waals surface area contributed by atoms with Crippen molar-refractivity contribution in [2.75, 3.05) is 0 Å². The standard InChI is InChI=1S/C14H24/c1-12(2,3)11-10-14(11)8-6-13(4-5-13)7-9-14/h11H,4-10H2,1-3H3. The summed E-state index contributed by atoms with van der Waals surface area (Å²) in [6, 6.07) is 0. The van der Waals surface area contributed by atoms with Gasteiger partial charge in [-0.2, -0.15) is 0 Å². The highest BCUT2D eigenvalue weighted by Gasteiger charge is 2.62. The van der Waals surface area contributed by atoms with Crippen LogP contribution < -0.4 is 0 Å². The van der Waals surface area contributed by atoms with Crippen LogP contribution >= 0.6 is 0 Å². The fourth-order valence-electron chi connectivity index (χ4n) is 4.08. The van der Waals surface area contributed by atoms with Crippen molar-refractivity contribution in [1.29, 1.82) is 0 Å². The molecule has 0 nitrogen and oxygen atoms in total.